The predicted octanol–water partition coefficient (Wildman–Crippen LogP) is 5.63. The Morgan fingerprint density at radius 2 is 1.72 bits per heavy atom. The molecule has 0 fully saturated rings. The van der Waals surface area contributed by atoms with Gasteiger partial charge in [0.2, 0.25) is 0 Å². The van der Waals surface area contributed by atoms with Crippen LogP contribution in [0.4, 0.5) is 10.5 Å². The molecule has 1 atom stereocenters. The second-order valence-electron chi connectivity index (χ2n) is 6.52. The van der Waals surface area contributed by atoms with Crippen LogP contribution in [0.15, 0.2) is 36.4 Å². The first kappa shape index (κ1) is 19.1. The van der Waals surface area contributed by atoms with E-state index in [1.54, 1.807) is 6.92 Å². The van der Waals surface area contributed by atoms with Gasteiger partial charge in [-0.05, 0) is 61.6 Å². The van der Waals surface area contributed by atoms with Crippen LogP contribution in [0, 0.1) is 13.8 Å². The van der Waals surface area contributed by atoms with Crippen molar-refractivity contribution in [2.75, 3.05) is 5.32 Å². The maximum atomic E-state index is 12.2. The van der Waals surface area contributed by atoms with Crippen LogP contribution in [0.5, 0.6) is 5.75 Å². The van der Waals surface area contributed by atoms with Crippen LogP contribution in [-0.2, 0) is 0 Å². The van der Waals surface area contributed by atoms with Crippen LogP contribution in [0.25, 0.3) is 0 Å². The number of nitrogens with one attached hydrogen (secondary N) is 2. The Balaban J connectivity index is 1.94. The van der Waals surface area contributed by atoms with Gasteiger partial charge >= 0.3 is 6.03 Å². The monoisotopic (exact) mass is 360 g/mol. The molecule has 0 aromatic heterocycles. The Bertz CT molecular complexity index is 719. The number of ether oxygens (including phenoxy) is 1. The minimum absolute atomic E-state index is 0.361. The third-order valence-electron chi connectivity index (χ3n) is 3.86. The van der Waals surface area contributed by atoms with E-state index in [1.807, 2.05) is 50.2 Å². The Morgan fingerprint density at radius 3 is 2.28 bits per heavy atom. The SMILES string of the molecule is Cc1cc(C)c(NC(=O)NC(C)Oc2ccc(C(C)C)cc2)c(Cl)c1. The van der Waals surface area contributed by atoms with Crippen molar-refractivity contribution in [3.05, 3.63) is 58.1 Å². The number of carbonyl (C=O) groups excluding carboxylic acids is 1. The minimum atomic E-state index is -0.477. The van der Waals surface area contributed by atoms with E-state index in [1.165, 1.54) is 5.56 Å². The molecule has 0 aliphatic heterocycles. The molecule has 2 rings (SSSR count). The number of hydrogen-bond acceptors (Lipinski definition) is 2. The molecule has 0 bridgehead atoms. The molecule has 0 aliphatic carbocycles. The van der Waals surface area contributed by atoms with Gasteiger partial charge in [-0.25, -0.2) is 4.79 Å². The maximum Gasteiger partial charge on any atom is 0.322 e. The number of benzene rings is 2. The Hall–Kier alpha value is -2.20. The summed E-state index contributed by atoms with van der Waals surface area (Å²) < 4.78 is 5.73. The second-order valence-corrected chi connectivity index (χ2v) is 6.93. The fraction of sp³-hybridized carbons (Fsp3) is 0.350. The first-order valence-corrected chi connectivity index (χ1v) is 8.75. The van der Waals surface area contributed by atoms with Crippen LogP contribution in [0.3, 0.4) is 0 Å². The zero-order chi connectivity index (χ0) is 18.6. The Morgan fingerprint density at radius 1 is 1.08 bits per heavy atom. The molecule has 0 saturated carbocycles. The number of anilines is 1. The van der Waals surface area contributed by atoms with Crippen molar-refractivity contribution >= 4 is 23.3 Å². The van der Waals surface area contributed by atoms with E-state index in [-0.39, 0.29) is 6.03 Å². The molecule has 2 N–H and O–H groups in total. The fourth-order valence-electron chi connectivity index (χ4n) is 2.57. The molecule has 0 spiro atoms. The lowest BCUT2D eigenvalue weighted by atomic mass is 10.0. The summed E-state index contributed by atoms with van der Waals surface area (Å²) in [6.07, 6.45) is -0.477. The van der Waals surface area contributed by atoms with Crippen LogP contribution in [-0.4, -0.2) is 12.3 Å². The van der Waals surface area contributed by atoms with Crippen molar-refractivity contribution in [1.82, 2.24) is 5.32 Å². The van der Waals surface area contributed by atoms with Crippen LogP contribution >= 0.6 is 11.6 Å². The zero-order valence-corrected chi connectivity index (χ0v) is 16.1. The molecule has 0 radical (unpaired) electrons. The molecular formula is C20H25ClN2O2. The summed E-state index contributed by atoms with van der Waals surface area (Å²) in [5.41, 5.74) is 3.82. The maximum absolute atomic E-state index is 12.2. The number of aryl methyl sites for hydroxylation is 2. The van der Waals surface area contributed by atoms with Gasteiger partial charge in [0.05, 0.1) is 10.7 Å². The van der Waals surface area contributed by atoms with Crippen LogP contribution < -0.4 is 15.4 Å². The highest BCUT2D eigenvalue weighted by Gasteiger charge is 2.12. The highest BCUT2D eigenvalue weighted by atomic mass is 35.5. The first-order valence-electron chi connectivity index (χ1n) is 8.37. The van der Waals surface area contributed by atoms with Crippen molar-refractivity contribution in [1.29, 1.82) is 0 Å². The summed E-state index contributed by atoms with van der Waals surface area (Å²) in [6, 6.07) is 11.3. The zero-order valence-electron chi connectivity index (χ0n) is 15.3. The van der Waals surface area contributed by atoms with Crippen molar-refractivity contribution in [3.63, 3.8) is 0 Å². The Labute approximate surface area is 154 Å². The molecular weight excluding hydrogens is 336 g/mol. The third kappa shape index (κ3) is 5.40. The van der Waals surface area contributed by atoms with Crippen molar-refractivity contribution in [2.24, 2.45) is 0 Å². The van der Waals surface area contributed by atoms with Crippen molar-refractivity contribution in [2.45, 2.75) is 46.8 Å². The lowest BCUT2D eigenvalue weighted by molar-refractivity contribution is 0.183. The quantitative estimate of drug-likeness (QED) is 0.679. The average Bonchev–Trinajstić information content (AvgIpc) is 2.51. The van der Waals surface area contributed by atoms with Gasteiger partial charge in [0.15, 0.2) is 6.23 Å². The fourth-order valence-corrected chi connectivity index (χ4v) is 2.94. The van der Waals surface area contributed by atoms with E-state index in [4.69, 9.17) is 16.3 Å². The molecule has 2 amide bonds. The van der Waals surface area contributed by atoms with Gasteiger partial charge in [-0.1, -0.05) is 43.6 Å². The van der Waals surface area contributed by atoms with Gasteiger partial charge in [0, 0.05) is 0 Å². The van der Waals surface area contributed by atoms with E-state index < -0.39 is 6.23 Å². The molecule has 134 valence electrons. The van der Waals surface area contributed by atoms with Gasteiger partial charge in [-0.15, -0.1) is 0 Å². The number of amides is 2. The first-order chi connectivity index (χ1) is 11.8. The largest absolute Gasteiger partial charge is 0.471 e. The van der Waals surface area contributed by atoms with E-state index in [9.17, 15) is 4.79 Å². The van der Waals surface area contributed by atoms with E-state index >= 15 is 0 Å². The van der Waals surface area contributed by atoms with Gasteiger partial charge in [-0.3, -0.25) is 0 Å². The van der Waals surface area contributed by atoms with E-state index in [2.05, 4.69) is 24.5 Å². The molecule has 0 saturated heterocycles. The smallest absolute Gasteiger partial charge is 0.322 e. The van der Waals surface area contributed by atoms with Crippen LogP contribution in [0.1, 0.15) is 43.4 Å². The summed E-state index contributed by atoms with van der Waals surface area (Å²) in [5.74, 6) is 1.18. The number of hydrogen-bond donors (Lipinski definition) is 2. The number of rotatable bonds is 5. The highest BCUT2D eigenvalue weighted by molar-refractivity contribution is 6.34. The molecule has 25 heavy (non-hydrogen) atoms. The summed E-state index contributed by atoms with van der Waals surface area (Å²) in [6.45, 7) is 9.93. The minimum Gasteiger partial charge on any atom is -0.471 e. The second kappa shape index (κ2) is 8.26. The summed E-state index contributed by atoms with van der Waals surface area (Å²) in [7, 11) is 0. The van der Waals surface area contributed by atoms with Gasteiger partial charge < -0.3 is 15.4 Å². The van der Waals surface area contributed by atoms with Gasteiger partial charge in [0.25, 0.3) is 0 Å². The van der Waals surface area contributed by atoms with E-state index in [0.29, 0.717) is 22.4 Å². The molecule has 2 aromatic carbocycles. The molecule has 4 nitrogen and oxygen atoms in total. The number of carbonyl (C=O) groups is 1. The summed E-state index contributed by atoms with van der Waals surface area (Å²) in [5, 5.41) is 6.06. The molecule has 2 aromatic rings. The van der Waals surface area contributed by atoms with Crippen molar-refractivity contribution < 1.29 is 9.53 Å². The summed E-state index contributed by atoms with van der Waals surface area (Å²) in [4.78, 5) is 12.2. The average molecular weight is 361 g/mol. The number of halogens is 1. The normalized spacial score (nSPS) is 12.0. The molecule has 0 aliphatic rings. The lowest BCUT2D eigenvalue weighted by Crippen LogP contribution is -2.39. The molecule has 5 heteroatoms. The number of urea groups is 1. The highest BCUT2D eigenvalue weighted by Crippen LogP contribution is 2.27. The topological polar surface area (TPSA) is 50.4 Å². The predicted molar refractivity (Wildman–Crippen MR) is 104 cm³/mol. The van der Waals surface area contributed by atoms with Crippen LogP contribution in [0.2, 0.25) is 5.02 Å². The van der Waals surface area contributed by atoms with E-state index in [0.717, 1.165) is 11.1 Å². The lowest BCUT2D eigenvalue weighted by Gasteiger charge is -2.18. The molecule has 0 heterocycles. The van der Waals surface area contributed by atoms with Gasteiger partial charge in [-0.2, -0.15) is 0 Å². The van der Waals surface area contributed by atoms with Gasteiger partial charge in [0.1, 0.15) is 5.75 Å². The third-order valence-corrected chi connectivity index (χ3v) is 4.16. The summed E-state index contributed by atoms with van der Waals surface area (Å²) >= 11 is 6.21. The molecule has 1 unspecified atom stereocenters. The standard InChI is InChI=1S/C20H25ClN2O2/c1-12(2)16-6-8-17(9-7-16)25-15(5)22-20(24)23-19-14(4)10-13(3)11-18(19)21/h6-12,15H,1-5H3,(H2,22,23,24). The van der Waals surface area contributed by atoms with Crippen molar-refractivity contribution in [3.8, 4) is 5.75 Å². The Kier molecular flexibility index (Phi) is 6.32.